The van der Waals surface area contributed by atoms with Gasteiger partial charge in [-0.05, 0) is 74.5 Å². The zero-order valence-electron chi connectivity index (χ0n) is 22.5. The average molecular weight is 569 g/mol. The minimum absolute atomic E-state index is 0.0309. The summed E-state index contributed by atoms with van der Waals surface area (Å²) in [6, 6.07) is 25.7. The molecule has 0 saturated heterocycles. The van der Waals surface area contributed by atoms with E-state index in [4.69, 9.17) is 9.47 Å². The molecule has 0 aromatic heterocycles. The SMILES string of the molecule is C=C(C)C(=O)Nc1cccc(Oc2cccc(S(=O)(=O)c3cccc(Oc4cccc(NC(=O)C(=C)C)c4)c3)c2)c1. The Morgan fingerprint density at radius 3 is 1.29 bits per heavy atom. The second-order valence-electron chi connectivity index (χ2n) is 9.18. The number of carbonyl (C=O) groups excluding carboxylic acids is 2. The highest BCUT2D eigenvalue weighted by Crippen LogP contribution is 2.31. The summed E-state index contributed by atoms with van der Waals surface area (Å²) >= 11 is 0. The maximum absolute atomic E-state index is 13.5. The molecule has 4 aromatic carbocycles. The highest BCUT2D eigenvalue weighted by molar-refractivity contribution is 7.91. The molecule has 0 atom stereocenters. The highest BCUT2D eigenvalue weighted by atomic mass is 32.2. The van der Waals surface area contributed by atoms with Crippen molar-refractivity contribution >= 4 is 33.0 Å². The first-order valence-electron chi connectivity index (χ1n) is 12.5. The topological polar surface area (TPSA) is 111 Å². The van der Waals surface area contributed by atoms with Crippen molar-refractivity contribution in [2.24, 2.45) is 0 Å². The van der Waals surface area contributed by atoms with Crippen LogP contribution < -0.4 is 20.1 Å². The number of amides is 2. The van der Waals surface area contributed by atoms with Gasteiger partial charge >= 0.3 is 0 Å². The fourth-order valence-electron chi connectivity index (χ4n) is 3.57. The van der Waals surface area contributed by atoms with E-state index in [9.17, 15) is 18.0 Å². The number of sulfone groups is 1. The number of anilines is 2. The van der Waals surface area contributed by atoms with Gasteiger partial charge in [0, 0.05) is 34.7 Å². The summed E-state index contributed by atoms with van der Waals surface area (Å²) in [7, 11) is -3.93. The third kappa shape index (κ3) is 7.49. The number of hydrogen-bond donors (Lipinski definition) is 2. The molecule has 0 aliphatic rings. The molecule has 0 bridgehead atoms. The molecule has 4 aromatic rings. The number of benzene rings is 4. The molecular weight excluding hydrogens is 540 g/mol. The first-order chi connectivity index (χ1) is 19.5. The molecule has 0 heterocycles. The lowest BCUT2D eigenvalue weighted by molar-refractivity contribution is -0.113. The molecule has 208 valence electrons. The summed E-state index contributed by atoms with van der Waals surface area (Å²) in [6.07, 6.45) is 0. The minimum atomic E-state index is -3.93. The van der Waals surface area contributed by atoms with Gasteiger partial charge in [-0.25, -0.2) is 8.42 Å². The van der Waals surface area contributed by atoms with Crippen LogP contribution in [-0.2, 0) is 19.4 Å². The van der Waals surface area contributed by atoms with Gasteiger partial charge in [-0.3, -0.25) is 9.59 Å². The van der Waals surface area contributed by atoms with Crippen LogP contribution >= 0.6 is 0 Å². The van der Waals surface area contributed by atoms with Crippen LogP contribution in [-0.4, -0.2) is 20.2 Å². The summed E-state index contributed by atoms with van der Waals surface area (Å²) in [5, 5.41) is 5.43. The Balaban J connectivity index is 1.52. The molecule has 0 fully saturated rings. The lowest BCUT2D eigenvalue weighted by Gasteiger charge is -2.12. The van der Waals surface area contributed by atoms with Crippen LogP contribution in [0.2, 0.25) is 0 Å². The Labute approximate surface area is 238 Å². The van der Waals surface area contributed by atoms with E-state index in [0.29, 0.717) is 45.5 Å². The molecule has 4 rings (SSSR count). The van der Waals surface area contributed by atoms with Gasteiger partial charge in [0.1, 0.15) is 23.0 Å². The standard InChI is InChI=1S/C32H28N2O6S/c1-21(2)31(35)33-23-9-5-11-25(17-23)39-27-13-7-15-29(19-27)41(37,38)30-16-8-14-28(20-30)40-26-12-6-10-24(18-26)34-32(36)22(3)4/h5-20H,1,3H2,2,4H3,(H,33,35)(H,34,36). The zero-order valence-corrected chi connectivity index (χ0v) is 23.3. The van der Waals surface area contributed by atoms with Gasteiger partial charge in [0.15, 0.2) is 0 Å². The van der Waals surface area contributed by atoms with Crippen molar-refractivity contribution in [3.8, 4) is 23.0 Å². The van der Waals surface area contributed by atoms with Crippen LogP contribution in [0.15, 0.2) is 131 Å². The Morgan fingerprint density at radius 2 is 0.927 bits per heavy atom. The van der Waals surface area contributed by atoms with E-state index >= 15 is 0 Å². The molecule has 9 heteroatoms. The van der Waals surface area contributed by atoms with Crippen LogP contribution in [0.25, 0.3) is 0 Å². The fraction of sp³-hybridized carbons (Fsp3) is 0.0625. The van der Waals surface area contributed by atoms with Crippen LogP contribution in [0.4, 0.5) is 11.4 Å². The highest BCUT2D eigenvalue weighted by Gasteiger charge is 2.19. The smallest absolute Gasteiger partial charge is 0.250 e. The molecule has 0 unspecified atom stereocenters. The van der Waals surface area contributed by atoms with Gasteiger partial charge < -0.3 is 20.1 Å². The lowest BCUT2D eigenvalue weighted by atomic mass is 10.2. The molecule has 2 amide bonds. The largest absolute Gasteiger partial charge is 0.457 e. The summed E-state index contributed by atoms with van der Waals surface area (Å²) in [5.74, 6) is 0.797. The summed E-state index contributed by atoms with van der Waals surface area (Å²) in [5.41, 5.74) is 1.76. The van der Waals surface area contributed by atoms with E-state index < -0.39 is 9.84 Å². The van der Waals surface area contributed by atoms with Crippen molar-refractivity contribution in [2.75, 3.05) is 10.6 Å². The zero-order chi connectivity index (χ0) is 29.6. The Bertz CT molecular complexity index is 1640. The van der Waals surface area contributed by atoms with Crippen molar-refractivity contribution < 1.29 is 27.5 Å². The number of ether oxygens (including phenoxy) is 2. The number of nitrogens with one attached hydrogen (secondary N) is 2. The van der Waals surface area contributed by atoms with Gasteiger partial charge in [-0.15, -0.1) is 0 Å². The normalized spacial score (nSPS) is 10.8. The van der Waals surface area contributed by atoms with Gasteiger partial charge in [-0.2, -0.15) is 0 Å². The predicted molar refractivity (Wildman–Crippen MR) is 158 cm³/mol. The van der Waals surface area contributed by atoms with E-state index in [1.807, 2.05) is 0 Å². The van der Waals surface area contributed by atoms with Crippen molar-refractivity contribution in [3.05, 3.63) is 121 Å². The van der Waals surface area contributed by atoms with Crippen LogP contribution in [0.5, 0.6) is 23.0 Å². The van der Waals surface area contributed by atoms with E-state index in [1.54, 1.807) is 86.6 Å². The summed E-state index contributed by atoms with van der Waals surface area (Å²) in [6.45, 7) is 10.4. The van der Waals surface area contributed by atoms with Crippen molar-refractivity contribution in [1.82, 2.24) is 0 Å². The van der Waals surface area contributed by atoms with Crippen molar-refractivity contribution in [1.29, 1.82) is 0 Å². The molecule has 0 aliphatic heterocycles. The maximum Gasteiger partial charge on any atom is 0.250 e. The average Bonchev–Trinajstić information content (AvgIpc) is 2.93. The van der Waals surface area contributed by atoms with E-state index in [1.165, 1.54) is 24.3 Å². The molecule has 8 nitrogen and oxygen atoms in total. The van der Waals surface area contributed by atoms with Crippen LogP contribution in [0.3, 0.4) is 0 Å². The molecule has 0 saturated carbocycles. The fourth-order valence-corrected chi connectivity index (χ4v) is 4.90. The summed E-state index contributed by atoms with van der Waals surface area (Å²) in [4.78, 5) is 23.9. The van der Waals surface area contributed by atoms with Gasteiger partial charge in [0.05, 0.1) is 9.79 Å². The number of carbonyl (C=O) groups is 2. The van der Waals surface area contributed by atoms with E-state index in [2.05, 4.69) is 23.8 Å². The quantitative estimate of drug-likeness (QED) is 0.197. The number of hydrogen-bond acceptors (Lipinski definition) is 6. The van der Waals surface area contributed by atoms with Gasteiger partial charge in [-0.1, -0.05) is 37.4 Å². The third-order valence-corrected chi connectivity index (χ3v) is 7.41. The van der Waals surface area contributed by atoms with E-state index in [0.717, 1.165) is 0 Å². The molecule has 0 aliphatic carbocycles. The Morgan fingerprint density at radius 1 is 0.585 bits per heavy atom. The van der Waals surface area contributed by atoms with E-state index in [-0.39, 0.29) is 21.6 Å². The second-order valence-corrected chi connectivity index (χ2v) is 11.1. The predicted octanol–water partition coefficient (Wildman–Crippen LogP) is 7.13. The molecule has 0 spiro atoms. The van der Waals surface area contributed by atoms with Gasteiger partial charge in [0.2, 0.25) is 9.84 Å². The second kappa shape index (κ2) is 12.4. The van der Waals surface area contributed by atoms with Crippen molar-refractivity contribution in [3.63, 3.8) is 0 Å². The molecule has 2 N–H and O–H groups in total. The molecule has 0 radical (unpaired) electrons. The first-order valence-corrected chi connectivity index (χ1v) is 13.9. The maximum atomic E-state index is 13.5. The monoisotopic (exact) mass is 568 g/mol. The lowest BCUT2D eigenvalue weighted by Crippen LogP contribution is -2.11. The first kappa shape index (κ1) is 28.8. The van der Waals surface area contributed by atoms with Crippen LogP contribution in [0.1, 0.15) is 13.8 Å². The Kier molecular flexibility index (Phi) is 8.69. The molecular formula is C32H28N2O6S. The van der Waals surface area contributed by atoms with Gasteiger partial charge in [0.25, 0.3) is 11.8 Å². The third-order valence-electron chi connectivity index (χ3n) is 5.66. The molecule has 41 heavy (non-hydrogen) atoms. The summed E-state index contributed by atoms with van der Waals surface area (Å²) < 4.78 is 38.8. The van der Waals surface area contributed by atoms with Crippen LogP contribution in [0, 0.1) is 0 Å². The minimum Gasteiger partial charge on any atom is -0.457 e. The van der Waals surface area contributed by atoms with Crippen molar-refractivity contribution in [2.45, 2.75) is 23.6 Å². The number of rotatable bonds is 10. The Hall–Kier alpha value is -5.15.